The number of aliphatic hydroxyl groups is 1. The standard InChI is InChI=1S/C26H24N2O4S/c1-16-5-3-6-17(13-16)23-22(25(30)26(31)28(23)15-19-7-4-12-33-19)24(29)18-8-9-21-20(14-18)27(2)10-11-32-21/h3-9,12-14,23,29H,10-11,15H2,1-2H3/b24-22-. The molecule has 1 saturated heterocycles. The number of ketones is 1. The second-order valence-corrected chi connectivity index (χ2v) is 9.41. The predicted octanol–water partition coefficient (Wildman–Crippen LogP) is 4.51. The fourth-order valence-electron chi connectivity index (χ4n) is 4.45. The van der Waals surface area contributed by atoms with Gasteiger partial charge in [-0.15, -0.1) is 11.3 Å². The number of aryl methyl sites for hydroxylation is 1. The number of ether oxygens (including phenoxy) is 1. The van der Waals surface area contributed by atoms with Crippen LogP contribution in [0.2, 0.25) is 0 Å². The topological polar surface area (TPSA) is 70.1 Å². The second-order valence-electron chi connectivity index (χ2n) is 8.37. The number of likely N-dealkylation sites (tertiary alicyclic amines) is 1. The molecule has 0 aliphatic carbocycles. The fourth-order valence-corrected chi connectivity index (χ4v) is 5.16. The minimum atomic E-state index is -0.669. The van der Waals surface area contributed by atoms with Gasteiger partial charge < -0.3 is 19.6 Å². The summed E-state index contributed by atoms with van der Waals surface area (Å²) in [5.74, 6) is -0.711. The van der Waals surface area contributed by atoms with E-state index < -0.39 is 17.7 Å². The first kappa shape index (κ1) is 21.3. The SMILES string of the molecule is Cc1cccc(C2/C(=C(/O)c3ccc4c(c3)N(C)CCO4)C(=O)C(=O)N2Cc2cccs2)c1. The van der Waals surface area contributed by atoms with Crippen molar-refractivity contribution in [1.29, 1.82) is 0 Å². The molecular weight excluding hydrogens is 436 g/mol. The number of hydrogen-bond donors (Lipinski definition) is 1. The minimum Gasteiger partial charge on any atom is -0.507 e. The molecule has 1 fully saturated rings. The van der Waals surface area contributed by atoms with Crippen LogP contribution in [0.25, 0.3) is 5.76 Å². The number of thiophene rings is 1. The number of Topliss-reactive ketones (excluding diaryl/α,β-unsaturated/α-hetero) is 1. The maximum absolute atomic E-state index is 13.2. The summed E-state index contributed by atoms with van der Waals surface area (Å²) in [4.78, 5) is 31.0. The molecule has 6 nitrogen and oxygen atoms in total. The van der Waals surface area contributed by atoms with E-state index in [0.717, 1.165) is 34.0 Å². The summed E-state index contributed by atoms with van der Waals surface area (Å²) in [5.41, 5.74) is 3.25. The molecule has 1 amide bonds. The van der Waals surface area contributed by atoms with Gasteiger partial charge in [0.15, 0.2) is 0 Å². The highest BCUT2D eigenvalue weighted by molar-refractivity contribution is 7.09. The van der Waals surface area contributed by atoms with E-state index in [1.165, 1.54) is 11.3 Å². The van der Waals surface area contributed by atoms with Gasteiger partial charge in [0.1, 0.15) is 18.1 Å². The molecule has 2 aliphatic heterocycles. The summed E-state index contributed by atoms with van der Waals surface area (Å²) in [5, 5.41) is 13.3. The average Bonchev–Trinajstić information content (AvgIpc) is 3.41. The Kier molecular flexibility index (Phi) is 5.42. The summed E-state index contributed by atoms with van der Waals surface area (Å²) >= 11 is 1.53. The number of hydrogen-bond acceptors (Lipinski definition) is 6. The molecule has 0 spiro atoms. The van der Waals surface area contributed by atoms with Crippen molar-refractivity contribution in [2.75, 3.05) is 25.1 Å². The van der Waals surface area contributed by atoms with Crippen LogP contribution in [0.5, 0.6) is 5.75 Å². The van der Waals surface area contributed by atoms with E-state index in [0.29, 0.717) is 18.7 Å². The number of fused-ring (bicyclic) bond motifs is 1. The van der Waals surface area contributed by atoms with Gasteiger partial charge >= 0.3 is 0 Å². The van der Waals surface area contributed by atoms with Crippen LogP contribution >= 0.6 is 11.3 Å². The van der Waals surface area contributed by atoms with Gasteiger partial charge in [-0.05, 0) is 42.1 Å². The molecule has 168 valence electrons. The smallest absolute Gasteiger partial charge is 0.295 e. The van der Waals surface area contributed by atoms with Gasteiger partial charge in [0.2, 0.25) is 0 Å². The van der Waals surface area contributed by atoms with Crippen molar-refractivity contribution in [2.45, 2.75) is 19.5 Å². The highest BCUT2D eigenvalue weighted by atomic mass is 32.1. The molecule has 2 aromatic carbocycles. The van der Waals surface area contributed by atoms with Crippen LogP contribution in [0.3, 0.4) is 0 Å². The van der Waals surface area contributed by atoms with Gasteiger partial charge in [0, 0.05) is 17.5 Å². The first-order valence-electron chi connectivity index (χ1n) is 10.8. The number of carbonyl (C=O) groups excluding carboxylic acids is 2. The molecule has 0 saturated carbocycles. The maximum Gasteiger partial charge on any atom is 0.295 e. The average molecular weight is 461 g/mol. The normalized spacial score (nSPS) is 19.5. The maximum atomic E-state index is 13.2. The highest BCUT2D eigenvalue weighted by Crippen LogP contribution is 2.42. The first-order valence-corrected chi connectivity index (χ1v) is 11.7. The van der Waals surface area contributed by atoms with Gasteiger partial charge in [-0.25, -0.2) is 0 Å². The van der Waals surface area contributed by atoms with Crippen LogP contribution in [0.15, 0.2) is 65.6 Å². The Bertz CT molecular complexity index is 1270. The van der Waals surface area contributed by atoms with E-state index in [2.05, 4.69) is 0 Å². The lowest BCUT2D eigenvalue weighted by Gasteiger charge is -2.28. The van der Waals surface area contributed by atoms with Crippen LogP contribution in [0.1, 0.15) is 27.6 Å². The zero-order valence-corrected chi connectivity index (χ0v) is 19.3. The summed E-state index contributed by atoms with van der Waals surface area (Å²) in [7, 11) is 1.96. The number of carbonyl (C=O) groups is 2. The lowest BCUT2D eigenvalue weighted by atomic mass is 9.94. The largest absolute Gasteiger partial charge is 0.507 e. The number of amides is 1. The third-order valence-corrected chi connectivity index (χ3v) is 6.99. The number of nitrogens with zero attached hydrogens (tertiary/aromatic N) is 2. The Morgan fingerprint density at radius 2 is 2.00 bits per heavy atom. The lowest BCUT2D eigenvalue weighted by molar-refractivity contribution is -0.140. The third-order valence-electron chi connectivity index (χ3n) is 6.13. The summed E-state index contributed by atoms with van der Waals surface area (Å²) in [6.45, 7) is 3.59. The van der Waals surface area contributed by atoms with Crippen LogP contribution in [0.4, 0.5) is 5.69 Å². The van der Waals surface area contributed by atoms with Gasteiger partial charge in [-0.1, -0.05) is 35.9 Å². The van der Waals surface area contributed by atoms with E-state index in [1.807, 2.05) is 66.7 Å². The molecule has 1 atom stereocenters. The molecule has 3 heterocycles. The molecule has 2 aliphatic rings. The third kappa shape index (κ3) is 3.78. The molecule has 7 heteroatoms. The van der Waals surface area contributed by atoms with Gasteiger partial charge in [0.05, 0.1) is 30.4 Å². The van der Waals surface area contributed by atoms with Crippen molar-refractivity contribution in [3.63, 3.8) is 0 Å². The molecule has 5 rings (SSSR count). The molecule has 1 aromatic heterocycles. The molecule has 0 radical (unpaired) electrons. The highest BCUT2D eigenvalue weighted by Gasteiger charge is 2.46. The van der Waals surface area contributed by atoms with Gasteiger partial charge in [-0.2, -0.15) is 0 Å². The second kappa shape index (κ2) is 8.41. The van der Waals surface area contributed by atoms with Crippen LogP contribution in [-0.4, -0.2) is 41.9 Å². The fraction of sp³-hybridized carbons (Fsp3) is 0.231. The van der Waals surface area contributed by atoms with E-state index in [9.17, 15) is 14.7 Å². The van der Waals surface area contributed by atoms with E-state index in [-0.39, 0.29) is 11.3 Å². The number of likely N-dealkylation sites (N-methyl/N-ethyl adjacent to an activating group) is 1. The van der Waals surface area contributed by atoms with E-state index in [1.54, 1.807) is 17.0 Å². The number of rotatable bonds is 4. The van der Waals surface area contributed by atoms with Crippen molar-refractivity contribution in [1.82, 2.24) is 4.90 Å². The van der Waals surface area contributed by atoms with Crippen molar-refractivity contribution >= 4 is 34.5 Å². The van der Waals surface area contributed by atoms with Gasteiger partial charge in [0.25, 0.3) is 11.7 Å². The first-order chi connectivity index (χ1) is 15.9. The Hall–Kier alpha value is -3.58. The quantitative estimate of drug-likeness (QED) is 0.353. The van der Waals surface area contributed by atoms with Crippen molar-refractivity contribution in [3.05, 3.63) is 87.1 Å². The van der Waals surface area contributed by atoms with Gasteiger partial charge in [-0.3, -0.25) is 9.59 Å². The number of aliphatic hydroxyl groups excluding tert-OH is 1. The summed E-state index contributed by atoms with van der Waals surface area (Å²) < 4.78 is 5.70. The van der Waals surface area contributed by atoms with Crippen LogP contribution in [0, 0.1) is 6.92 Å². The molecule has 33 heavy (non-hydrogen) atoms. The summed E-state index contributed by atoms with van der Waals surface area (Å²) in [6.07, 6.45) is 0. The van der Waals surface area contributed by atoms with Crippen molar-refractivity contribution in [2.24, 2.45) is 0 Å². The molecule has 1 unspecified atom stereocenters. The zero-order chi connectivity index (χ0) is 23.1. The zero-order valence-electron chi connectivity index (χ0n) is 18.4. The molecule has 1 N–H and O–H groups in total. The Labute approximate surface area is 196 Å². The molecular formula is C26H24N2O4S. The molecule has 0 bridgehead atoms. The van der Waals surface area contributed by atoms with Crippen molar-refractivity contribution in [3.8, 4) is 5.75 Å². The minimum absolute atomic E-state index is 0.112. The van der Waals surface area contributed by atoms with E-state index >= 15 is 0 Å². The summed E-state index contributed by atoms with van der Waals surface area (Å²) in [6, 6.07) is 16.3. The van der Waals surface area contributed by atoms with Crippen molar-refractivity contribution < 1.29 is 19.4 Å². The Morgan fingerprint density at radius 1 is 1.15 bits per heavy atom. The van der Waals surface area contributed by atoms with E-state index in [4.69, 9.17) is 4.74 Å². The lowest BCUT2D eigenvalue weighted by Crippen LogP contribution is -2.29. The Morgan fingerprint density at radius 3 is 2.76 bits per heavy atom. The monoisotopic (exact) mass is 460 g/mol. The predicted molar refractivity (Wildman–Crippen MR) is 129 cm³/mol. The number of benzene rings is 2. The van der Waals surface area contributed by atoms with Crippen LogP contribution in [-0.2, 0) is 16.1 Å². The number of anilines is 1. The Balaban J connectivity index is 1.65. The van der Waals surface area contributed by atoms with Crippen LogP contribution < -0.4 is 9.64 Å². The molecule has 3 aromatic rings.